The number of rotatable bonds is 6. The van der Waals surface area contributed by atoms with Crippen molar-refractivity contribution < 1.29 is 0 Å². The second-order valence-electron chi connectivity index (χ2n) is 11.6. The average Bonchev–Trinajstić information content (AvgIpc) is 3.43. The second-order valence-corrected chi connectivity index (χ2v) is 12.5. The van der Waals surface area contributed by atoms with Gasteiger partial charge in [0.25, 0.3) is 0 Å². The molecule has 1 aromatic heterocycles. The molecule has 3 aliphatic rings. The lowest BCUT2D eigenvalue weighted by atomic mass is 9.69. The van der Waals surface area contributed by atoms with Crippen LogP contribution in [0.25, 0.3) is 0 Å². The summed E-state index contributed by atoms with van der Waals surface area (Å²) in [4.78, 5) is 14.7. The summed E-state index contributed by atoms with van der Waals surface area (Å²) in [5, 5.41) is 8.25. The minimum Gasteiger partial charge on any atom is -0.361 e. The molecule has 2 N–H and O–H groups in total. The number of benzene rings is 1. The topological polar surface area (TPSA) is 56.3 Å². The van der Waals surface area contributed by atoms with Crippen molar-refractivity contribution in [2.45, 2.75) is 70.6 Å². The highest BCUT2D eigenvalue weighted by atomic mass is 35.5. The van der Waals surface area contributed by atoms with E-state index >= 15 is 0 Å². The molecule has 1 saturated carbocycles. The van der Waals surface area contributed by atoms with Crippen molar-refractivity contribution in [1.29, 1.82) is 0 Å². The van der Waals surface area contributed by atoms with Crippen molar-refractivity contribution in [2.24, 2.45) is 11.8 Å². The fraction of sp³-hybridized carbons (Fsp3) is 0.621. The second kappa shape index (κ2) is 11.7. The fourth-order valence-corrected chi connectivity index (χ4v) is 6.96. The first kappa shape index (κ1) is 26.5. The first-order valence-electron chi connectivity index (χ1n) is 14.1. The quantitative estimate of drug-likeness (QED) is 0.411. The number of nitrogens with one attached hydrogen (secondary N) is 2. The Morgan fingerprint density at radius 3 is 2.32 bits per heavy atom. The van der Waals surface area contributed by atoms with E-state index in [1.54, 1.807) is 0 Å². The predicted molar refractivity (Wildman–Crippen MR) is 159 cm³/mol. The van der Waals surface area contributed by atoms with Crippen LogP contribution in [0.15, 0.2) is 30.3 Å². The summed E-state index contributed by atoms with van der Waals surface area (Å²) < 4.78 is 0. The lowest BCUT2D eigenvalue weighted by Crippen LogP contribution is -2.44. The zero-order chi connectivity index (χ0) is 25.8. The normalized spacial score (nSPS) is 23.6. The number of anilines is 3. The summed E-state index contributed by atoms with van der Waals surface area (Å²) in [5.41, 5.74) is 1.34. The molecule has 0 amide bonds. The van der Waals surface area contributed by atoms with Gasteiger partial charge in [0.1, 0.15) is 11.6 Å². The van der Waals surface area contributed by atoms with E-state index in [0.717, 1.165) is 62.2 Å². The molecule has 8 heteroatoms. The van der Waals surface area contributed by atoms with Gasteiger partial charge in [-0.2, -0.15) is 9.97 Å². The molecule has 2 saturated heterocycles. The van der Waals surface area contributed by atoms with Gasteiger partial charge in [-0.05, 0) is 73.9 Å². The van der Waals surface area contributed by atoms with Crippen LogP contribution >= 0.6 is 23.8 Å². The number of piperidine rings is 1. The van der Waals surface area contributed by atoms with E-state index in [1.807, 2.05) is 6.07 Å². The maximum atomic E-state index is 6.38. The molecule has 0 radical (unpaired) electrons. The monoisotopic (exact) mass is 540 g/mol. The Balaban J connectivity index is 1.33. The molecule has 200 valence electrons. The van der Waals surface area contributed by atoms with Gasteiger partial charge in [-0.1, -0.05) is 56.8 Å². The van der Waals surface area contributed by atoms with E-state index in [2.05, 4.69) is 58.5 Å². The van der Waals surface area contributed by atoms with Gasteiger partial charge in [-0.15, -0.1) is 0 Å². The van der Waals surface area contributed by atoms with Crippen LogP contribution in [-0.2, 0) is 5.41 Å². The van der Waals surface area contributed by atoms with Crippen molar-refractivity contribution in [3.05, 3.63) is 40.9 Å². The lowest BCUT2D eigenvalue weighted by molar-refractivity contribution is 0.292. The summed E-state index contributed by atoms with van der Waals surface area (Å²) >= 11 is 12.2. The fourth-order valence-electron chi connectivity index (χ4n) is 6.61. The Hall–Kier alpha value is -2.12. The molecule has 2 atom stereocenters. The Morgan fingerprint density at radius 2 is 1.65 bits per heavy atom. The van der Waals surface area contributed by atoms with Crippen molar-refractivity contribution in [2.75, 3.05) is 47.8 Å². The highest BCUT2D eigenvalue weighted by Gasteiger charge is 2.34. The molecule has 0 bridgehead atoms. The Bertz CT molecular complexity index is 1070. The molecule has 6 nitrogen and oxygen atoms in total. The van der Waals surface area contributed by atoms with Crippen LogP contribution < -0.4 is 20.4 Å². The number of halogens is 1. The van der Waals surface area contributed by atoms with Gasteiger partial charge < -0.3 is 20.4 Å². The van der Waals surface area contributed by atoms with Crippen LogP contribution in [0.3, 0.4) is 0 Å². The molecule has 2 aliphatic heterocycles. The Kier molecular flexibility index (Phi) is 8.40. The standard InChI is InChI=1S/C29H41ClN6S/c1-21-15-22(2)19-36(18-21)26-17-25(35-13-6-7-14-35)32-27(33-26)34-28(37)31-20-29(11-4-3-5-12-29)23-9-8-10-24(30)16-23/h8-10,16-17,21-22H,3-7,11-15,18-20H2,1-2H3,(H2,31,32,33,34,37)/t21-,22-/m1/s1. The minimum absolute atomic E-state index is 0.0401. The van der Waals surface area contributed by atoms with Gasteiger partial charge in [-0.25, -0.2) is 0 Å². The number of hydrogen-bond acceptors (Lipinski definition) is 5. The summed E-state index contributed by atoms with van der Waals surface area (Å²) in [7, 11) is 0. The number of hydrogen-bond donors (Lipinski definition) is 2. The van der Waals surface area contributed by atoms with E-state index in [-0.39, 0.29) is 5.41 Å². The van der Waals surface area contributed by atoms with E-state index in [0.29, 0.717) is 22.9 Å². The van der Waals surface area contributed by atoms with Crippen LogP contribution in [0.2, 0.25) is 5.02 Å². The van der Waals surface area contributed by atoms with Gasteiger partial charge in [0.05, 0.1) is 0 Å². The Labute approximate surface area is 232 Å². The van der Waals surface area contributed by atoms with E-state index in [4.69, 9.17) is 33.8 Å². The van der Waals surface area contributed by atoms with E-state index < -0.39 is 0 Å². The smallest absolute Gasteiger partial charge is 0.232 e. The maximum absolute atomic E-state index is 6.38. The van der Waals surface area contributed by atoms with Crippen LogP contribution in [0, 0.1) is 11.8 Å². The molecule has 0 unspecified atom stereocenters. The summed E-state index contributed by atoms with van der Waals surface area (Å²) in [6.07, 6.45) is 9.72. The van der Waals surface area contributed by atoms with E-state index in [1.165, 1.54) is 44.1 Å². The first-order valence-corrected chi connectivity index (χ1v) is 14.9. The molecule has 37 heavy (non-hydrogen) atoms. The highest BCUT2D eigenvalue weighted by molar-refractivity contribution is 7.80. The van der Waals surface area contributed by atoms with Crippen molar-refractivity contribution in [3.63, 3.8) is 0 Å². The zero-order valence-electron chi connectivity index (χ0n) is 22.3. The predicted octanol–water partition coefficient (Wildman–Crippen LogP) is 6.40. The molecular weight excluding hydrogens is 500 g/mol. The van der Waals surface area contributed by atoms with Crippen molar-refractivity contribution in [3.8, 4) is 0 Å². The van der Waals surface area contributed by atoms with E-state index in [9.17, 15) is 0 Å². The average molecular weight is 541 g/mol. The summed E-state index contributed by atoms with van der Waals surface area (Å²) in [6, 6.07) is 10.5. The van der Waals surface area contributed by atoms with Crippen LogP contribution in [0.1, 0.15) is 70.8 Å². The molecule has 0 spiro atoms. The maximum Gasteiger partial charge on any atom is 0.232 e. The molecule has 3 fully saturated rings. The Morgan fingerprint density at radius 1 is 0.973 bits per heavy atom. The number of aromatic nitrogens is 2. The van der Waals surface area contributed by atoms with Crippen molar-refractivity contribution in [1.82, 2.24) is 15.3 Å². The van der Waals surface area contributed by atoms with Gasteiger partial charge in [0.15, 0.2) is 5.11 Å². The minimum atomic E-state index is 0.0401. The van der Waals surface area contributed by atoms with Crippen molar-refractivity contribution >= 4 is 46.5 Å². The van der Waals surface area contributed by atoms with Gasteiger partial charge >= 0.3 is 0 Å². The SMILES string of the molecule is C[C@@H]1C[C@@H](C)CN(c2cc(N3CCCC3)nc(NC(=S)NCC3(c4cccc(Cl)c4)CCCCC3)n2)C1. The molecular formula is C29H41ClN6S. The molecule has 3 heterocycles. The zero-order valence-corrected chi connectivity index (χ0v) is 23.9. The van der Waals surface area contributed by atoms with Crippen LogP contribution in [0.5, 0.6) is 0 Å². The molecule has 2 aromatic rings. The largest absolute Gasteiger partial charge is 0.361 e. The highest BCUT2D eigenvalue weighted by Crippen LogP contribution is 2.40. The van der Waals surface area contributed by atoms with Gasteiger partial charge in [-0.3, -0.25) is 0 Å². The number of thiocarbonyl (C=S) groups is 1. The van der Waals surface area contributed by atoms with Gasteiger partial charge in [0.2, 0.25) is 5.95 Å². The van der Waals surface area contributed by atoms with Crippen LogP contribution in [-0.4, -0.2) is 47.8 Å². The summed E-state index contributed by atoms with van der Waals surface area (Å²) in [5.74, 6) is 3.91. The molecule has 1 aromatic carbocycles. The summed E-state index contributed by atoms with van der Waals surface area (Å²) in [6.45, 7) is 9.62. The third-order valence-electron chi connectivity index (χ3n) is 8.38. The third-order valence-corrected chi connectivity index (χ3v) is 8.86. The van der Waals surface area contributed by atoms with Gasteiger partial charge in [0, 0.05) is 49.2 Å². The first-order chi connectivity index (χ1) is 17.9. The van der Waals surface area contributed by atoms with Crippen LogP contribution in [0.4, 0.5) is 17.6 Å². The molecule has 1 aliphatic carbocycles. The lowest BCUT2D eigenvalue weighted by Gasteiger charge is -2.38. The number of nitrogens with zero attached hydrogens (tertiary/aromatic N) is 4. The molecule has 5 rings (SSSR count). The third kappa shape index (κ3) is 6.48.